The maximum Gasteiger partial charge on any atom is 0.246 e. The van der Waals surface area contributed by atoms with Crippen molar-refractivity contribution in [1.29, 1.82) is 0 Å². The summed E-state index contributed by atoms with van der Waals surface area (Å²) in [6.45, 7) is 1.37. The van der Waals surface area contributed by atoms with Crippen molar-refractivity contribution in [3.63, 3.8) is 0 Å². The van der Waals surface area contributed by atoms with Crippen LogP contribution < -0.4 is 4.90 Å². The van der Waals surface area contributed by atoms with Crippen LogP contribution in [-0.2, 0) is 22.6 Å². The lowest BCUT2D eigenvalue weighted by atomic mass is 9.99. The molecule has 2 aromatic rings. The van der Waals surface area contributed by atoms with Crippen molar-refractivity contribution < 1.29 is 9.59 Å². The van der Waals surface area contributed by atoms with Gasteiger partial charge in [-0.2, -0.15) is 0 Å². The van der Waals surface area contributed by atoms with Gasteiger partial charge in [0.2, 0.25) is 11.8 Å². The van der Waals surface area contributed by atoms with Gasteiger partial charge in [0.1, 0.15) is 6.04 Å². The Morgan fingerprint density at radius 2 is 1.62 bits per heavy atom. The highest BCUT2D eigenvalue weighted by Gasteiger charge is 2.39. The van der Waals surface area contributed by atoms with Crippen molar-refractivity contribution in [2.45, 2.75) is 31.8 Å². The van der Waals surface area contributed by atoms with Gasteiger partial charge in [0, 0.05) is 25.2 Å². The van der Waals surface area contributed by atoms with Gasteiger partial charge in [-0.15, -0.1) is 0 Å². The van der Waals surface area contributed by atoms with Crippen molar-refractivity contribution in [1.82, 2.24) is 4.90 Å². The summed E-state index contributed by atoms with van der Waals surface area (Å²) in [6.07, 6.45) is 1.92. The molecule has 0 aliphatic carbocycles. The smallest absolute Gasteiger partial charge is 0.246 e. The van der Waals surface area contributed by atoms with E-state index in [4.69, 9.17) is 0 Å². The number of rotatable bonds is 2. The van der Waals surface area contributed by atoms with Gasteiger partial charge in [0.05, 0.1) is 0 Å². The SMILES string of the molecule is O=C(C1CCC(=O)N1c1ccccc1)N1CCc2ccccc2C1. The number of hydrogen-bond acceptors (Lipinski definition) is 2. The molecule has 0 bridgehead atoms. The molecule has 4 heteroatoms. The summed E-state index contributed by atoms with van der Waals surface area (Å²) in [4.78, 5) is 29.0. The topological polar surface area (TPSA) is 40.6 Å². The Morgan fingerprint density at radius 1 is 0.917 bits per heavy atom. The number of carbonyl (C=O) groups is 2. The fraction of sp³-hybridized carbons (Fsp3) is 0.300. The highest BCUT2D eigenvalue weighted by molar-refractivity contribution is 6.03. The van der Waals surface area contributed by atoms with E-state index in [9.17, 15) is 9.59 Å². The Bertz CT molecular complexity index is 772. The maximum absolute atomic E-state index is 13.1. The highest BCUT2D eigenvalue weighted by Crippen LogP contribution is 2.29. The first-order chi connectivity index (χ1) is 11.7. The Kier molecular flexibility index (Phi) is 3.81. The molecule has 1 atom stereocenters. The van der Waals surface area contributed by atoms with E-state index >= 15 is 0 Å². The van der Waals surface area contributed by atoms with Gasteiger partial charge in [0.15, 0.2) is 0 Å². The minimum atomic E-state index is -0.370. The van der Waals surface area contributed by atoms with Gasteiger partial charge in [0.25, 0.3) is 0 Å². The quantitative estimate of drug-likeness (QED) is 0.854. The van der Waals surface area contributed by atoms with E-state index in [0.29, 0.717) is 19.4 Å². The zero-order valence-electron chi connectivity index (χ0n) is 13.5. The fourth-order valence-corrected chi connectivity index (χ4v) is 3.72. The molecular weight excluding hydrogens is 300 g/mol. The van der Waals surface area contributed by atoms with E-state index in [1.165, 1.54) is 11.1 Å². The summed E-state index contributed by atoms with van der Waals surface area (Å²) in [5.74, 6) is 0.108. The number of para-hydroxylation sites is 1. The van der Waals surface area contributed by atoms with Crippen molar-refractivity contribution in [3.05, 3.63) is 65.7 Å². The monoisotopic (exact) mass is 320 g/mol. The molecule has 1 saturated heterocycles. The first kappa shape index (κ1) is 14.9. The largest absolute Gasteiger partial charge is 0.336 e. The van der Waals surface area contributed by atoms with Crippen molar-refractivity contribution in [2.24, 2.45) is 0 Å². The Labute approximate surface area is 141 Å². The number of anilines is 1. The van der Waals surface area contributed by atoms with Crippen LogP contribution in [0.15, 0.2) is 54.6 Å². The molecule has 2 amide bonds. The zero-order chi connectivity index (χ0) is 16.5. The van der Waals surface area contributed by atoms with Gasteiger partial charge in [-0.05, 0) is 36.1 Å². The van der Waals surface area contributed by atoms with E-state index in [1.807, 2.05) is 47.4 Å². The van der Waals surface area contributed by atoms with E-state index < -0.39 is 0 Å². The van der Waals surface area contributed by atoms with Crippen LogP contribution in [-0.4, -0.2) is 29.3 Å². The predicted octanol–water partition coefficient (Wildman–Crippen LogP) is 2.77. The minimum Gasteiger partial charge on any atom is -0.336 e. The van der Waals surface area contributed by atoms with Crippen LogP contribution in [0.2, 0.25) is 0 Å². The molecule has 4 nitrogen and oxygen atoms in total. The molecule has 0 radical (unpaired) electrons. The molecule has 122 valence electrons. The van der Waals surface area contributed by atoms with Crippen LogP contribution in [0.3, 0.4) is 0 Å². The van der Waals surface area contributed by atoms with Gasteiger partial charge in [-0.3, -0.25) is 14.5 Å². The maximum atomic E-state index is 13.1. The number of amides is 2. The molecular formula is C20H20N2O2. The molecule has 0 saturated carbocycles. The van der Waals surface area contributed by atoms with Gasteiger partial charge in [-0.1, -0.05) is 42.5 Å². The Hall–Kier alpha value is -2.62. The summed E-state index contributed by atoms with van der Waals surface area (Å²) in [6, 6.07) is 17.4. The fourth-order valence-electron chi connectivity index (χ4n) is 3.72. The number of fused-ring (bicyclic) bond motifs is 1. The Morgan fingerprint density at radius 3 is 2.42 bits per heavy atom. The van der Waals surface area contributed by atoms with Gasteiger partial charge >= 0.3 is 0 Å². The standard InChI is InChI=1S/C20H20N2O2/c23-19-11-10-18(22(19)17-8-2-1-3-9-17)20(24)21-13-12-15-6-4-5-7-16(15)14-21/h1-9,18H,10-14H2. The van der Waals surface area contributed by atoms with E-state index in [1.54, 1.807) is 4.90 Å². The van der Waals surface area contributed by atoms with Crippen molar-refractivity contribution in [2.75, 3.05) is 11.4 Å². The molecule has 2 heterocycles. The molecule has 2 aliphatic heterocycles. The summed E-state index contributed by atoms with van der Waals surface area (Å²) < 4.78 is 0. The molecule has 0 aromatic heterocycles. The van der Waals surface area contributed by atoms with Crippen LogP contribution >= 0.6 is 0 Å². The van der Waals surface area contributed by atoms with Crippen LogP contribution in [0.4, 0.5) is 5.69 Å². The molecule has 4 rings (SSSR count). The lowest BCUT2D eigenvalue weighted by Gasteiger charge is -2.33. The minimum absolute atomic E-state index is 0.0389. The van der Waals surface area contributed by atoms with Crippen LogP contribution in [0.25, 0.3) is 0 Å². The van der Waals surface area contributed by atoms with E-state index in [2.05, 4.69) is 12.1 Å². The molecule has 2 aromatic carbocycles. The van der Waals surface area contributed by atoms with E-state index in [0.717, 1.165) is 18.7 Å². The number of benzene rings is 2. The van der Waals surface area contributed by atoms with Crippen LogP contribution in [0.5, 0.6) is 0 Å². The second kappa shape index (κ2) is 6.11. The third-order valence-electron chi connectivity index (χ3n) is 4.97. The second-order valence-corrected chi connectivity index (χ2v) is 6.43. The number of carbonyl (C=O) groups excluding carboxylic acids is 2. The number of nitrogens with zero attached hydrogens (tertiary/aromatic N) is 2. The Balaban J connectivity index is 1.57. The average molecular weight is 320 g/mol. The molecule has 24 heavy (non-hydrogen) atoms. The highest BCUT2D eigenvalue weighted by atomic mass is 16.2. The molecule has 2 aliphatic rings. The molecule has 0 N–H and O–H groups in total. The van der Waals surface area contributed by atoms with Crippen molar-refractivity contribution in [3.8, 4) is 0 Å². The van der Waals surface area contributed by atoms with Gasteiger partial charge in [-0.25, -0.2) is 0 Å². The summed E-state index contributed by atoms with van der Waals surface area (Å²) in [5, 5.41) is 0. The molecule has 1 fully saturated rings. The van der Waals surface area contributed by atoms with Gasteiger partial charge < -0.3 is 4.90 Å². The molecule has 0 spiro atoms. The lowest BCUT2D eigenvalue weighted by molar-refractivity contribution is -0.134. The third kappa shape index (κ3) is 2.58. The zero-order valence-corrected chi connectivity index (χ0v) is 13.5. The van der Waals surface area contributed by atoms with Crippen LogP contribution in [0.1, 0.15) is 24.0 Å². The molecule has 1 unspecified atom stereocenters. The lowest BCUT2D eigenvalue weighted by Crippen LogP contribution is -2.48. The normalized spacial score (nSPS) is 20.2. The summed E-state index contributed by atoms with van der Waals surface area (Å²) in [5.41, 5.74) is 3.35. The van der Waals surface area contributed by atoms with Crippen molar-refractivity contribution >= 4 is 17.5 Å². The number of hydrogen-bond donors (Lipinski definition) is 0. The predicted molar refractivity (Wildman–Crippen MR) is 92.5 cm³/mol. The average Bonchev–Trinajstić information content (AvgIpc) is 3.03. The second-order valence-electron chi connectivity index (χ2n) is 6.43. The van der Waals surface area contributed by atoms with E-state index in [-0.39, 0.29) is 17.9 Å². The summed E-state index contributed by atoms with van der Waals surface area (Å²) >= 11 is 0. The third-order valence-corrected chi connectivity index (χ3v) is 4.97. The first-order valence-corrected chi connectivity index (χ1v) is 8.47. The summed E-state index contributed by atoms with van der Waals surface area (Å²) in [7, 11) is 0. The first-order valence-electron chi connectivity index (χ1n) is 8.47. The van der Waals surface area contributed by atoms with Crippen LogP contribution in [0, 0.1) is 0 Å².